The first-order chi connectivity index (χ1) is 9.72. The summed E-state index contributed by atoms with van der Waals surface area (Å²) in [6.45, 7) is 8.40. The summed E-state index contributed by atoms with van der Waals surface area (Å²) in [4.78, 5) is 7.49. The molecule has 0 radical (unpaired) electrons. The van der Waals surface area contributed by atoms with Crippen LogP contribution in [0.2, 0.25) is 0 Å². The highest BCUT2D eigenvalue weighted by atomic mass is 32.2. The van der Waals surface area contributed by atoms with Crippen LogP contribution < -0.4 is 5.32 Å². The minimum Gasteiger partial charge on any atom is -0.312 e. The number of aryl methyl sites for hydroxylation is 2. The van der Waals surface area contributed by atoms with Crippen LogP contribution in [0.1, 0.15) is 35.0 Å². The molecule has 2 aromatic rings. The van der Waals surface area contributed by atoms with Gasteiger partial charge in [-0.1, -0.05) is 31.5 Å². The maximum Gasteiger partial charge on any atom is 0.103 e. The molecule has 0 unspecified atom stereocenters. The monoisotopic (exact) mass is 306 g/mol. The molecule has 0 aliphatic rings. The van der Waals surface area contributed by atoms with E-state index in [1.807, 2.05) is 23.1 Å². The number of rotatable bonds is 7. The number of benzene rings is 1. The summed E-state index contributed by atoms with van der Waals surface area (Å²) < 4.78 is 0. The molecule has 0 atom stereocenters. The van der Waals surface area contributed by atoms with E-state index in [-0.39, 0.29) is 0 Å². The summed E-state index contributed by atoms with van der Waals surface area (Å²) in [5.74, 6) is 0.965. The van der Waals surface area contributed by atoms with Crippen molar-refractivity contribution in [1.29, 1.82) is 0 Å². The van der Waals surface area contributed by atoms with Gasteiger partial charge in [0.25, 0.3) is 0 Å². The average molecular weight is 307 g/mol. The third kappa shape index (κ3) is 4.33. The highest BCUT2D eigenvalue weighted by Crippen LogP contribution is 2.27. The van der Waals surface area contributed by atoms with E-state index in [2.05, 4.69) is 50.4 Å². The summed E-state index contributed by atoms with van der Waals surface area (Å²) in [5, 5.41) is 4.63. The van der Waals surface area contributed by atoms with Gasteiger partial charge in [0.15, 0.2) is 0 Å². The zero-order valence-electron chi connectivity index (χ0n) is 12.4. The molecule has 0 aliphatic heterocycles. The number of thioether (sulfide) groups is 1. The van der Waals surface area contributed by atoms with E-state index in [0.29, 0.717) is 0 Å². The molecule has 1 aromatic carbocycles. The van der Waals surface area contributed by atoms with Crippen molar-refractivity contribution in [3.63, 3.8) is 0 Å². The van der Waals surface area contributed by atoms with E-state index in [9.17, 15) is 0 Å². The molecule has 0 amide bonds. The summed E-state index contributed by atoms with van der Waals surface area (Å²) in [5.41, 5.74) is 2.57. The smallest absolute Gasteiger partial charge is 0.103 e. The first-order valence-corrected chi connectivity index (χ1v) is 8.90. The predicted octanol–water partition coefficient (Wildman–Crippen LogP) is 4.42. The Morgan fingerprint density at radius 1 is 1.20 bits per heavy atom. The number of hydrogen-bond acceptors (Lipinski definition) is 4. The van der Waals surface area contributed by atoms with Gasteiger partial charge in [-0.2, -0.15) is 0 Å². The van der Waals surface area contributed by atoms with Gasteiger partial charge in [0.2, 0.25) is 0 Å². The third-order valence-electron chi connectivity index (χ3n) is 3.08. The topological polar surface area (TPSA) is 24.9 Å². The summed E-state index contributed by atoms with van der Waals surface area (Å²) in [6, 6.07) is 8.71. The van der Waals surface area contributed by atoms with Gasteiger partial charge in [-0.3, -0.25) is 0 Å². The fourth-order valence-electron chi connectivity index (χ4n) is 1.93. The zero-order valence-corrected chi connectivity index (χ0v) is 14.0. The molecule has 2 nitrogen and oxygen atoms in total. The number of aromatic nitrogens is 1. The van der Waals surface area contributed by atoms with Crippen LogP contribution in [0, 0.1) is 6.92 Å². The lowest BCUT2D eigenvalue weighted by atomic mass is 10.2. The summed E-state index contributed by atoms with van der Waals surface area (Å²) in [6.07, 6.45) is 1.02. The molecule has 0 aliphatic carbocycles. The Morgan fingerprint density at radius 2 is 1.95 bits per heavy atom. The van der Waals surface area contributed by atoms with E-state index >= 15 is 0 Å². The molecule has 2 rings (SSSR count). The molecule has 0 bridgehead atoms. The van der Waals surface area contributed by atoms with Gasteiger partial charge in [0.1, 0.15) is 5.01 Å². The molecule has 0 saturated heterocycles. The minimum absolute atomic E-state index is 0.951. The SMILES string of the molecule is CCNCc1sc(CSc2ccc(C)cc2)nc1CC. The minimum atomic E-state index is 0.951. The number of nitrogens with zero attached hydrogens (tertiary/aromatic N) is 1. The molecule has 1 heterocycles. The van der Waals surface area contributed by atoms with Gasteiger partial charge < -0.3 is 5.32 Å². The van der Waals surface area contributed by atoms with Gasteiger partial charge in [-0.25, -0.2) is 4.98 Å². The maximum atomic E-state index is 4.77. The molecule has 0 spiro atoms. The molecule has 108 valence electrons. The molecule has 1 N–H and O–H groups in total. The molecule has 0 fully saturated rings. The van der Waals surface area contributed by atoms with Gasteiger partial charge >= 0.3 is 0 Å². The van der Waals surface area contributed by atoms with Crippen LogP contribution in [0.25, 0.3) is 0 Å². The van der Waals surface area contributed by atoms with E-state index < -0.39 is 0 Å². The van der Waals surface area contributed by atoms with Gasteiger partial charge in [0, 0.05) is 16.3 Å². The Labute approximate surface area is 130 Å². The fourth-order valence-corrected chi connectivity index (χ4v) is 3.95. The van der Waals surface area contributed by atoms with Crippen LogP contribution >= 0.6 is 23.1 Å². The number of thiazole rings is 1. The van der Waals surface area contributed by atoms with Crippen LogP contribution in [-0.4, -0.2) is 11.5 Å². The van der Waals surface area contributed by atoms with Gasteiger partial charge in [-0.05, 0) is 32.0 Å². The van der Waals surface area contributed by atoms with E-state index in [1.165, 1.54) is 26.0 Å². The van der Waals surface area contributed by atoms with Crippen molar-refractivity contribution in [2.75, 3.05) is 6.54 Å². The van der Waals surface area contributed by atoms with Gasteiger partial charge in [0.05, 0.1) is 11.4 Å². The molecule has 1 aromatic heterocycles. The Hall–Kier alpha value is -0.840. The van der Waals surface area contributed by atoms with Gasteiger partial charge in [-0.15, -0.1) is 23.1 Å². The fraction of sp³-hybridized carbons (Fsp3) is 0.438. The molecular weight excluding hydrogens is 284 g/mol. The number of nitrogens with one attached hydrogen (secondary N) is 1. The van der Waals surface area contributed by atoms with Crippen LogP contribution in [0.15, 0.2) is 29.2 Å². The Kier molecular flexibility index (Phi) is 6.07. The highest BCUT2D eigenvalue weighted by molar-refractivity contribution is 7.98. The largest absolute Gasteiger partial charge is 0.312 e. The Morgan fingerprint density at radius 3 is 2.60 bits per heavy atom. The van der Waals surface area contributed by atoms with E-state index in [1.54, 1.807) is 0 Å². The van der Waals surface area contributed by atoms with E-state index in [4.69, 9.17) is 4.98 Å². The van der Waals surface area contributed by atoms with Crippen molar-refractivity contribution in [3.05, 3.63) is 45.4 Å². The van der Waals surface area contributed by atoms with Crippen molar-refractivity contribution in [3.8, 4) is 0 Å². The number of hydrogen-bond donors (Lipinski definition) is 1. The van der Waals surface area contributed by atoms with Crippen molar-refractivity contribution in [2.45, 2.75) is 44.4 Å². The first kappa shape index (κ1) is 15.5. The molecular formula is C16H22N2S2. The average Bonchev–Trinajstić information content (AvgIpc) is 2.87. The second-order valence-corrected chi connectivity index (χ2v) is 6.93. The van der Waals surface area contributed by atoms with Crippen LogP contribution in [-0.2, 0) is 18.7 Å². The maximum absolute atomic E-state index is 4.77. The second kappa shape index (κ2) is 7.81. The zero-order chi connectivity index (χ0) is 14.4. The van der Waals surface area contributed by atoms with Crippen LogP contribution in [0.3, 0.4) is 0 Å². The van der Waals surface area contributed by atoms with Crippen molar-refractivity contribution in [2.24, 2.45) is 0 Å². The summed E-state index contributed by atoms with van der Waals surface area (Å²) in [7, 11) is 0. The summed E-state index contributed by atoms with van der Waals surface area (Å²) >= 11 is 3.72. The van der Waals surface area contributed by atoms with Crippen molar-refractivity contribution in [1.82, 2.24) is 10.3 Å². The van der Waals surface area contributed by atoms with Crippen molar-refractivity contribution >= 4 is 23.1 Å². The first-order valence-electron chi connectivity index (χ1n) is 7.10. The third-order valence-corrected chi connectivity index (χ3v) is 5.38. The predicted molar refractivity (Wildman–Crippen MR) is 89.6 cm³/mol. The quantitative estimate of drug-likeness (QED) is 0.767. The normalized spacial score (nSPS) is 10.9. The van der Waals surface area contributed by atoms with Crippen LogP contribution in [0.4, 0.5) is 0 Å². The lowest BCUT2D eigenvalue weighted by Gasteiger charge is -1.99. The lowest BCUT2D eigenvalue weighted by Crippen LogP contribution is -2.11. The molecule has 20 heavy (non-hydrogen) atoms. The van der Waals surface area contributed by atoms with E-state index in [0.717, 1.165) is 25.3 Å². The Bertz CT molecular complexity index is 532. The highest BCUT2D eigenvalue weighted by Gasteiger charge is 2.09. The molecule has 4 heteroatoms. The second-order valence-electron chi connectivity index (χ2n) is 4.71. The standard InChI is InChI=1S/C16H22N2S2/c1-4-14-15(10-17-5-2)20-16(18-14)11-19-13-8-6-12(3)7-9-13/h6-9,17H,4-5,10-11H2,1-3H3. The van der Waals surface area contributed by atoms with Crippen LogP contribution in [0.5, 0.6) is 0 Å². The lowest BCUT2D eigenvalue weighted by molar-refractivity contribution is 0.727. The molecule has 0 saturated carbocycles. The van der Waals surface area contributed by atoms with Crippen molar-refractivity contribution < 1.29 is 0 Å². The Balaban J connectivity index is 1.98.